The SMILES string of the molecule is CC(=O)NC1CCCN(C(=O)NCc2ccco2)C1. The maximum Gasteiger partial charge on any atom is 0.317 e. The van der Waals surface area contributed by atoms with E-state index in [2.05, 4.69) is 10.6 Å². The Morgan fingerprint density at radius 1 is 1.53 bits per heavy atom. The van der Waals surface area contributed by atoms with Gasteiger partial charge in [-0.1, -0.05) is 0 Å². The molecule has 1 fully saturated rings. The van der Waals surface area contributed by atoms with Crippen molar-refractivity contribution in [2.75, 3.05) is 13.1 Å². The molecule has 1 atom stereocenters. The number of amides is 3. The molecule has 6 heteroatoms. The van der Waals surface area contributed by atoms with Crippen LogP contribution >= 0.6 is 0 Å². The molecule has 0 aliphatic carbocycles. The molecule has 1 aromatic rings. The fourth-order valence-corrected chi connectivity index (χ4v) is 2.25. The van der Waals surface area contributed by atoms with Crippen molar-refractivity contribution in [3.8, 4) is 0 Å². The summed E-state index contributed by atoms with van der Waals surface area (Å²) in [5.74, 6) is 0.673. The zero-order chi connectivity index (χ0) is 13.7. The molecule has 1 unspecified atom stereocenters. The number of piperidine rings is 1. The number of nitrogens with zero attached hydrogens (tertiary/aromatic N) is 1. The van der Waals surface area contributed by atoms with E-state index in [-0.39, 0.29) is 18.0 Å². The monoisotopic (exact) mass is 265 g/mol. The second-order valence-electron chi connectivity index (χ2n) is 4.72. The molecule has 0 bridgehead atoms. The molecule has 2 heterocycles. The number of carbonyl (C=O) groups is 2. The molecule has 2 rings (SSSR count). The highest BCUT2D eigenvalue weighted by molar-refractivity contribution is 5.75. The summed E-state index contributed by atoms with van der Waals surface area (Å²) in [4.78, 5) is 24.7. The van der Waals surface area contributed by atoms with Crippen LogP contribution in [0.25, 0.3) is 0 Å². The molecule has 0 radical (unpaired) electrons. The molecule has 3 amide bonds. The second-order valence-corrected chi connectivity index (χ2v) is 4.72. The Bertz CT molecular complexity index is 430. The molecule has 1 aromatic heterocycles. The van der Waals surface area contributed by atoms with Crippen molar-refractivity contribution in [1.82, 2.24) is 15.5 Å². The van der Waals surface area contributed by atoms with Gasteiger partial charge in [0.25, 0.3) is 0 Å². The highest BCUT2D eigenvalue weighted by Gasteiger charge is 2.23. The molecule has 6 nitrogen and oxygen atoms in total. The Labute approximate surface area is 112 Å². The fraction of sp³-hybridized carbons (Fsp3) is 0.538. The third-order valence-electron chi connectivity index (χ3n) is 3.11. The summed E-state index contributed by atoms with van der Waals surface area (Å²) in [5.41, 5.74) is 0. The third-order valence-corrected chi connectivity index (χ3v) is 3.11. The molecule has 0 aromatic carbocycles. The van der Waals surface area contributed by atoms with Crippen LogP contribution in [0, 0.1) is 0 Å². The lowest BCUT2D eigenvalue weighted by molar-refractivity contribution is -0.119. The summed E-state index contributed by atoms with van der Waals surface area (Å²) in [6, 6.07) is 3.54. The van der Waals surface area contributed by atoms with E-state index in [1.54, 1.807) is 17.2 Å². The molecule has 0 spiro atoms. The van der Waals surface area contributed by atoms with Gasteiger partial charge in [0.1, 0.15) is 5.76 Å². The van der Waals surface area contributed by atoms with Gasteiger partial charge in [0.2, 0.25) is 5.91 Å². The molecule has 1 saturated heterocycles. The predicted octanol–water partition coefficient (Wildman–Crippen LogP) is 1.09. The smallest absolute Gasteiger partial charge is 0.317 e. The third kappa shape index (κ3) is 4.01. The maximum absolute atomic E-state index is 12.0. The van der Waals surface area contributed by atoms with Crippen molar-refractivity contribution < 1.29 is 14.0 Å². The molecule has 0 saturated carbocycles. The van der Waals surface area contributed by atoms with Crippen LogP contribution < -0.4 is 10.6 Å². The van der Waals surface area contributed by atoms with Gasteiger partial charge >= 0.3 is 6.03 Å². The maximum atomic E-state index is 12.0. The largest absolute Gasteiger partial charge is 0.467 e. The molecule has 1 aliphatic rings. The van der Waals surface area contributed by atoms with Gasteiger partial charge in [0.05, 0.1) is 12.8 Å². The Balaban J connectivity index is 1.79. The average Bonchev–Trinajstić information content (AvgIpc) is 2.88. The first kappa shape index (κ1) is 13.5. The van der Waals surface area contributed by atoms with Crippen molar-refractivity contribution in [2.45, 2.75) is 32.4 Å². The average molecular weight is 265 g/mol. The Morgan fingerprint density at radius 3 is 3.05 bits per heavy atom. The number of likely N-dealkylation sites (tertiary alicyclic amines) is 1. The van der Waals surface area contributed by atoms with Crippen LogP contribution in [-0.4, -0.2) is 36.0 Å². The number of urea groups is 1. The summed E-state index contributed by atoms with van der Waals surface area (Å²) in [7, 11) is 0. The van der Waals surface area contributed by atoms with Crippen LogP contribution in [0.2, 0.25) is 0 Å². The molecule has 1 aliphatic heterocycles. The number of hydrogen-bond donors (Lipinski definition) is 2. The van der Waals surface area contributed by atoms with Crippen LogP contribution in [0.4, 0.5) is 4.79 Å². The van der Waals surface area contributed by atoms with E-state index in [1.165, 1.54) is 6.92 Å². The standard InChI is InChI=1S/C13H19N3O3/c1-10(17)15-11-4-2-6-16(9-11)13(18)14-8-12-5-3-7-19-12/h3,5,7,11H,2,4,6,8-9H2,1H3,(H,14,18)(H,15,17). The summed E-state index contributed by atoms with van der Waals surface area (Å²) >= 11 is 0. The fourth-order valence-electron chi connectivity index (χ4n) is 2.25. The first-order valence-electron chi connectivity index (χ1n) is 6.47. The van der Waals surface area contributed by atoms with Gasteiger partial charge in [-0.2, -0.15) is 0 Å². The Hall–Kier alpha value is -1.98. The van der Waals surface area contributed by atoms with Crippen LogP contribution in [0.15, 0.2) is 22.8 Å². The normalized spacial score (nSPS) is 19.0. The molecular weight excluding hydrogens is 246 g/mol. The number of rotatable bonds is 3. The van der Waals surface area contributed by atoms with E-state index in [9.17, 15) is 9.59 Å². The zero-order valence-electron chi connectivity index (χ0n) is 11.0. The number of hydrogen-bond acceptors (Lipinski definition) is 3. The van der Waals surface area contributed by atoms with Gasteiger partial charge in [-0.3, -0.25) is 4.79 Å². The summed E-state index contributed by atoms with van der Waals surface area (Å²) in [5, 5.41) is 5.67. The van der Waals surface area contributed by atoms with Crippen molar-refractivity contribution in [1.29, 1.82) is 0 Å². The summed E-state index contributed by atoms with van der Waals surface area (Å²) < 4.78 is 5.15. The number of carbonyl (C=O) groups excluding carboxylic acids is 2. The van der Waals surface area contributed by atoms with Crippen molar-refractivity contribution in [3.63, 3.8) is 0 Å². The van der Waals surface area contributed by atoms with E-state index in [0.717, 1.165) is 25.1 Å². The van der Waals surface area contributed by atoms with E-state index in [4.69, 9.17) is 4.42 Å². The second kappa shape index (κ2) is 6.26. The topological polar surface area (TPSA) is 74.6 Å². The van der Waals surface area contributed by atoms with Crippen LogP contribution in [0.5, 0.6) is 0 Å². The molecule has 19 heavy (non-hydrogen) atoms. The molecule has 2 N–H and O–H groups in total. The number of nitrogens with one attached hydrogen (secondary N) is 2. The number of furan rings is 1. The summed E-state index contributed by atoms with van der Waals surface area (Å²) in [6.07, 6.45) is 3.40. The van der Waals surface area contributed by atoms with E-state index >= 15 is 0 Å². The predicted molar refractivity (Wildman–Crippen MR) is 69.4 cm³/mol. The van der Waals surface area contributed by atoms with Crippen molar-refractivity contribution in [3.05, 3.63) is 24.2 Å². The van der Waals surface area contributed by atoms with Crippen LogP contribution in [0.1, 0.15) is 25.5 Å². The van der Waals surface area contributed by atoms with Crippen molar-refractivity contribution >= 4 is 11.9 Å². The van der Waals surface area contributed by atoms with Gasteiger partial charge in [0.15, 0.2) is 0 Å². The van der Waals surface area contributed by atoms with Crippen LogP contribution in [-0.2, 0) is 11.3 Å². The van der Waals surface area contributed by atoms with Gasteiger partial charge in [-0.15, -0.1) is 0 Å². The Kier molecular flexibility index (Phi) is 4.43. The first-order chi connectivity index (χ1) is 9.15. The first-order valence-corrected chi connectivity index (χ1v) is 6.47. The Morgan fingerprint density at radius 2 is 2.37 bits per heavy atom. The zero-order valence-corrected chi connectivity index (χ0v) is 11.0. The molecule has 104 valence electrons. The lowest BCUT2D eigenvalue weighted by Crippen LogP contribution is -2.51. The van der Waals surface area contributed by atoms with E-state index in [0.29, 0.717) is 13.1 Å². The highest BCUT2D eigenvalue weighted by atomic mass is 16.3. The minimum absolute atomic E-state index is 0.0529. The quantitative estimate of drug-likeness (QED) is 0.859. The lowest BCUT2D eigenvalue weighted by Gasteiger charge is -2.32. The van der Waals surface area contributed by atoms with Crippen molar-refractivity contribution in [2.24, 2.45) is 0 Å². The van der Waals surface area contributed by atoms with Gasteiger partial charge in [0, 0.05) is 26.1 Å². The molecular formula is C13H19N3O3. The minimum Gasteiger partial charge on any atom is -0.467 e. The summed E-state index contributed by atoms with van der Waals surface area (Å²) in [6.45, 7) is 3.16. The van der Waals surface area contributed by atoms with Gasteiger partial charge < -0.3 is 20.0 Å². The van der Waals surface area contributed by atoms with Gasteiger partial charge in [-0.25, -0.2) is 4.79 Å². The van der Waals surface area contributed by atoms with Crippen LogP contribution in [0.3, 0.4) is 0 Å². The van der Waals surface area contributed by atoms with Gasteiger partial charge in [-0.05, 0) is 25.0 Å². The van der Waals surface area contributed by atoms with E-state index < -0.39 is 0 Å². The lowest BCUT2D eigenvalue weighted by atomic mass is 10.1. The minimum atomic E-state index is -0.119. The van der Waals surface area contributed by atoms with E-state index in [1.807, 2.05) is 6.07 Å². The highest BCUT2D eigenvalue weighted by Crippen LogP contribution is 2.10.